The molecule has 0 N–H and O–H groups in total. The maximum absolute atomic E-state index is 12.5. The molecular formula is C29H35N3O2. The third-order valence-corrected chi connectivity index (χ3v) is 6.86. The zero-order valence-corrected chi connectivity index (χ0v) is 20.5. The Morgan fingerprint density at radius 3 is 2.53 bits per heavy atom. The number of aryl methyl sites for hydroxylation is 1. The lowest BCUT2D eigenvalue weighted by Gasteiger charge is -2.48. The summed E-state index contributed by atoms with van der Waals surface area (Å²) in [5.41, 5.74) is 5.89. The number of amides is 1. The van der Waals surface area contributed by atoms with E-state index in [1.165, 1.54) is 22.3 Å². The summed E-state index contributed by atoms with van der Waals surface area (Å²) in [6.45, 7) is 5.72. The molecular weight excluding hydrogens is 422 g/mol. The third-order valence-electron chi connectivity index (χ3n) is 6.86. The van der Waals surface area contributed by atoms with E-state index in [2.05, 4.69) is 65.3 Å². The van der Waals surface area contributed by atoms with Crippen molar-refractivity contribution in [2.45, 2.75) is 31.7 Å². The molecule has 2 atom stereocenters. The quantitative estimate of drug-likeness (QED) is 0.401. The van der Waals surface area contributed by atoms with Crippen LogP contribution >= 0.6 is 0 Å². The van der Waals surface area contributed by atoms with Crippen molar-refractivity contribution in [2.24, 2.45) is 0 Å². The Kier molecular flexibility index (Phi) is 8.09. The number of hydrogen-bond acceptors (Lipinski definition) is 4. The van der Waals surface area contributed by atoms with Crippen LogP contribution in [0.4, 0.5) is 0 Å². The molecule has 2 aromatic carbocycles. The van der Waals surface area contributed by atoms with E-state index in [0.717, 1.165) is 39.1 Å². The second-order valence-corrected chi connectivity index (χ2v) is 9.29. The molecule has 0 unspecified atom stereocenters. The number of rotatable bonds is 10. The summed E-state index contributed by atoms with van der Waals surface area (Å²) < 4.78 is 5.56. The number of nitrogens with zero attached hydrogens (tertiary/aromatic N) is 3. The smallest absolute Gasteiger partial charge is 0.253 e. The van der Waals surface area contributed by atoms with E-state index in [0.29, 0.717) is 17.5 Å². The van der Waals surface area contributed by atoms with E-state index in [1.54, 1.807) is 36.5 Å². The van der Waals surface area contributed by atoms with Gasteiger partial charge in [-0.25, -0.2) is 0 Å². The number of methoxy groups -OCH3 is 1. The number of carbonyl (C=O) groups excluding carboxylic acids is 1. The van der Waals surface area contributed by atoms with Gasteiger partial charge in [0, 0.05) is 57.2 Å². The number of pyridine rings is 1. The van der Waals surface area contributed by atoms with E-state index in [1.807, 2.05) is 7.05 Å². The van der Waals surface area contributed by atoms with Crippen LogP contribution in [-0.4, -0.2) is 67.1 Å². The second-order valence-electron chi connectivity index (χ2n) is 9.29. The average Bonchev–Trinajstić information content (AvgIpc) is 2.86. The molecule has 34 heavy (non-hydrogen) atoms. The van der Waals surface area contributed by atoms with Gasteiger partial charge in [-0.05, 0) is 55.1 Å². The van der Waals surface area contributed by atoms with Gasteiger partial charge in [0.1, 0.15) is 0 Å². The predicted molar refractivity (Wildman–Crippen MR) is 137 cm³/mol. The van der Waals surface area contributed by atoms with Crippen molar-refractivity contribution in [2.75, 3.05) is 40.4 Å². The molecule has 5 heteroatoms. The fourth-order valence-electron chi connectivity index (χ4n) is 4.83. The Morgan fingerprint density at radius 1 is 1.06 bits per heavy atom. The van der Waals surface area contributed by atoms with Crippen LogP contribution in [0.5, 0.6) is 0 Å². The monoisotopic (exact) mass is 457 g/mol. The Morgan fingerprint density at radius 2 is 1.82 bits per heavy atom. The highest BCUT2D eigenvalue weighted by Gasteiger charge is 2.39. The zero-order chi connectivity index (χ0) is 23.9. The first-order chi connectivity index (χ1) is 16.6. The summed E-state index contributed by atoms with van der Waals surface area (Å²) in [7, 11) is 3.66. The van der Waals surface area contributed by atoms with Crippen molar-refractivity contribution in [1.82, 2.24) is 14.8 Å². The largest absolute Gasteiger partial charge is 0.383 e. The fourth-order valence-corrected chi connectivity index (χ4v) is 4.83. The van der Waals surface area contributed by atoms with E-state index in [9.17, 15) is 4.79 Å². The fraction of sp³-hybridized carbons (Fsp3) is 0.379. The lowest BCUT2D eigenvalue weighted by atomic mass is 9.82. The van der Waals surface area contributed by atoms with E-state index in [4.69, 9.17) is 4.74 Å². The van der Waals surface area contributed by atoms with Crippen LogP contribution in [0.1, 0.15) is 40.2 Å². The molecule has 1 saturated heterocycles. The van der Waals surface area contributed by atoms with Crippen LogP contribution < -0.4 is 0 Å². The second kappa shape index (κ2) is 11.4. The Hall–Kier alpha value is -3.02. The third kappa shape index (κ3) is 5.72. The highest BCUT2D eigenvalue weighted by Crippen LogP contribution is 2.35. The van der Waals surface area contributed by atoms with Crippen molar-refractivity contribution in [3.05, 3.63) is 89.7 Å². The first-order valence-corrected chi connectivity index (χ1v) is 12.1. The van der Waals surface area contributed by atoms with Crippen LogP contribution in [0.15, 0.2) is 73.1 Å². The van der Waals surface area contributed by atoms with Gasteiger partial charge in [-0.1, -0.05) is 54.1 Å². The number of unbranched alkanes of at least 4 members (excludes halogenated alkanes) is 1. The minimum atomic E-state index is 0.0535. The van der Waals surface area contributed by atoms with Crippen molar-refractivity contribution in [3.8, 4) is 11.1 Å². The summed E-state index contributed by atoms with van der Waals surface area (Å²) in [4.78, 5) is 20.8. The highest BCUT2D eigenvalue weighted by molar-refractivity contribution is 5.93. The van der Waals surface area contributed by atoms with Crippen LogP contribution in [-0.2, 0) is 4.74 Å². The molecule has 0 radical (unpaired) electrons. The van der Waals surface area contributed by atoms with E-state index in [-0.39, 0.29) is 5.91 Å². The van der Waals surface area contributed by atoms with Gasteiger partial charge in [-0.3, -0.25) is 14.7 Å². The van der Waals surface area contributed by atoms with Gasteiger partial charge in [-0.15, -0.1) is 0 Å². The Bertz CT molecular complexity index is 1070. The lowest BCUT2D eigenvalue weighted by Crippen LogP contribution is -2.56. The maximum atomic E-state index is 12.5. The van der Waals surface area contributed by atoms with Gasteiger partial charge in [0.2, 0.25) is 0 Å². The molecule has 1 aliphatic rings. The van der Waals surface area contributed by atoms with Crippen LogP contribution in [0.3, 0.4) is 0 Å². The summed E-state index contributed by atoms with van der Waals surface area (Å²) in [5.74, 6) is 0.556. The van der Waals surface area contributed by atoms with Gasteiger partial charge in [0.15, 0.2) is 0 Å². The average molecular weight is 458 g/mol. The standard InChI is InChI=1S/C29H35N3O2/c1-22-7-6-8-26(19-22)23-9-11-24(12-10-23)27-20-32(28(27)21-34-3)18-5-4-17-31(2)29(33)25-13-15-30-16-14-25/h6-16,19,27-28H,4-5,17-18,20-21H2,1-3H3/t27-,28+/m0/s1. The van der Waals surface area contributed by atoms with Crippen LogP contribution in [0, 0.1) is 6.92 Å². The predicted octanol–water partition coefficient (Wildman–Crippen LogP) is 5.02. The molecule has 3 aromatic rings. The van der Waals surface area contributed by atoms with Crippen LogP contribution in [0.25, 0.3) is 11.1 Å². The van der Waals surface area contributed by atoms with Gasteiger partial charge < -0.3 is 9.64 Å². The number of hydrogen-bond donors (Lipinski definition) is 0. The Balaban J connectivity index is 1.27. The minimum absolute atomic E-state index is 0.0535. The summed E-state index contributed by atoms with van der Waals surface area (Å²) in [5, 5.41) is 0. The van der Waals surface area contributed by atoms with Crippen molar-refractivity contribution >= 4 is 5.91 Å². The van der Waals surface area contributed by atoms with Crippen LogP contribution in [0.2, 0.25) is 0 Å². The molecule has 1 amide bonds. The van der Waals surface area contributed by atoms with Crippen molar-refractivity contribution < 1.29 is 9.53 Å². The molecule has 2 heterocycles. The van der Waals surface area contributed by atoms with Crippen molar-refractivity contribution in [1.29, 1.82) is 0 Å². The number of ether oxygens (including phenoxy) is 1. The molecule has 0 spiro atoms. The molecule has 0 saturated carbocycles. The summed E-state index contributed by atoms with van der Waals surface area (Å²) >= 11 is 0. The number of benzene rings is 2. The van der Waals surface area contributed by atoms with Crippen molar-refractivity contribution in [3.63, 3.8) is 0 Å². The SMILES string of the molecule is COC[C@@H]1[C@H](c2ccc(-c3cccc(C)c3)cc2)CN1CCCCN(C)C(=O)c1ccncc1. The molecule has 1 fully saturated rings. The van der Waals surface area contributed by atoms with Gasteiger partial charge in [-0.2, -0.15) is 0 Å². The lowest BCUT2D eigenvalue weighted by molar-refractivity contribution is 0.000382. The minimum Gasteiger partial charge on any atom is -0.383 e. The van der Waals surface area contributed by atoms with Gasteiger partial charge in [0.05, 0.1) is 6.61 Å². The molecule has 0 bridgehead atoms. The number of aromatic nitrogens is 1. The molecule has 1 aliphatic heterocycles. The summed E-state index contributed by atoms with van der Waals surface area (Å²) in [6, 6.07) is 21.6. The topological polar surface area (TPSA) is 45.7 Å². The first kappa shape index (κ1) is 24.1. The first-order valence-electron chi connectivity index (χ1n) is 12.1. The normalized spacial score (nSPS) is 17.9. The molecule has 178 valence electrons. The zero-order valence-electron chi connectivity index (χ0n) is 20.5. The van der Waals surface area contributed by atoms with E-state index >= 15 is 0 Å². The van der Waals surface area contributed by atoms with Gasteiger partial charge >= 0.3 is 0 Å². The molecule has 1 aromatic heterocycles. The highest BCUT2D eigenvalue weighted by atomic mass is 16.5. The Labute approximate surface area is 203 Å². The van der Waals surface area contributed by atoms with E-state index < -0.39 is 0 Å². The molecule has 4 rings (SSSR count). The molecule has 5 nitrogen and oxygen atoms in total. The molecule has 0 aliphatic carbocycles. The summed E-state index contributed by atoms with van der Waals surface area (Å²) in [6.07, 6.45) is 5.37. The van der Waals surface area contributed by atoms with Gasteiger partial charge in [0.25, 0.3) is 5.91 Å². The number of likely N-dealkylation sites (tertiary alicyclic amines) is 1. The number of carbonyl (C=O) groups is 1. The maximum Gasteiger partial charge on any atom is 0.253 e.